The number of nitrogens with one attached hydrogen (secondary N) is 1. The summed E-state index contributed by atoms with van der Waals surface area (Å²) in [5, 5.41) is 1.03. The van der Waals surface area contributed by atoms with Gasteiger partial charge in [0, 0.05) is 6.54 Å². The van der Waals surface area contributed by atoms with Crippen LogP contribution in [0.5, 0.6) is 0 Å². The first kappa shape index (κ1) is 10.1. The van der Waals surface area contributed by atoms with Crippen LogP contribution in [0.25, 0.3) is 0 Å². The Morgan fingerprint density at radius 3 is 2.69 bits per heavy atom. The molecule has 1 heterocycles. The molecule has 0 spiro atoms. The fourth-order valence-corrected chi connectivity index (χ4v) is 1.98. The molecule has 1 rings (SSSR count). The molecule has 0 aromatic carbocycles. The Hall–Kier alpha value is -0.940. The van der Waals surface area contributed by atoms with Crippen LogP contribution in [0.15, 0.2) is 4.99 Å². The van der Waals surface area contributed by atoms with Crippen molar-refractivity contribution in [2.75, 3.05) is 6.54 Å². The maximum absolute atomic E-state index is 5.37. The smallest absolute Gasteiger partial charge is 0.154 e. The van der Waals surface area contributed by atoms with Crippen molar-refractivity contribution in [2.45, 2.75) is 20.8 Å². The maximum atomic E-state index is 5.37. The predicted molar refractivity (Wildman–Crippen MR) is 56.0 cm³/mol. The lowest BCUT2D eigenvalue weighted by Gasteiger charge is -2.01. The van der Waals surface area contributed by atoms with Gasteiger partial charge in [-0.15, -0.1) is 11.3 Å². The van der Waals surface area contributed by atoms with E-state index in [1.165, 1.54) is 0 Å². The van der Waals surface area contributed by atoms with Crippen molar-refractivity contribution in [1.29, 1.82) is 0 Å². The molecule has 0 radical (unpaired) electrons. The van der Waals surface area contributed by atoms with E-state index in [-0.39, 0.29) is 0 Å². The molecule has 1 aromatic heterocycles. The highest BCUT2D eigenvalue weighted by atomic mass is 32.1. The van der Waals surface area contributed by atoms with Gasteiger partial charge in [0.05, 0.1) is 15.6 Å². The third-order valence-corrected chi connectivity index (χ3v) is 2.65. The number of thiazole rings is 1. The Morgan fingerprint density at radius 1 is 1.62 bits per heavy atom. The fraction of sp³-hybridized carbons (Fsp3) is 0.500. The number of aromatic nitrogens is 1. The predicted octanol–water partition coefficient (Wildman–Crippen LogP) is 0.990. The number of aliphatic imine (C=N–C) groups is 1. The van der Waals surface area contributed by atoms with E-state index in [1.54, 1.807) is 11.3 Å². The number of aryl methyl sites for hydroxylation is 2. The minimum Gasteiger partial charge on any atom is -0.308 e. The molecule has 0 aliphatic carbocycles. The molecule has 13 heavy (non-hydrogen) atoms. The van der Waals surface area contributed by atoms with Crippen LogP contribution in [0, 0.1) is 13.8 Å². The average molecular weight is 198 g/mol. The first-order chi connectivity index (χ1) is 6.19. The molecule has 0 aliphatic rings. The molecule has 0 atom stereocenters. The number of amidine groups is 1. The third-order valence-electron chi connectivity index (χ3n) is 1.57. The average Bonchev–Trinajstić information content (AvgIpc) is 2.41. The first-order valence-electron chi connectivity index (χ1n) is 4.14. The number of nitrogens with two attached hydrogens (primary N) is 1. The Bertz CT molecular complexity index is 316. The second-order valence-electron chi connectivity index (χ2n) is 2.61. The van der Waals surface area contributed by atoms with Crippen LogP contribution >= 0.6 is 11.3 Å². The second kappa shape index (κ2) is 4.34. The van der Waals surface area contributed by atoms with E-state index in [1.807, 2.05) is 20.8 Å². The summed E-state index contributed by atoms with van der Waals surface area (Å²) in [6.07, 6.45) is 0. The van der Waals surface area contributed by atoms with E-state index in [0.717, 1.165) is 28.0 Å². The number of rotatable bonds is 2. The SMILES string of the molecule is CCN=C(NN)c1sc(C)nc1C. The van der Waals surface area contributed by atoms with Gasteiger partial charge in [-0.2, -0.15) is 0 Å². The zero-order valence-corrected chi connectivity index (χ0v) is 8.90. The highest BCUT2D eigenvalue weighted by molar-refractivity contribution is 7.13. The molecule has 0 unspecified atom stereocenters. The number of nitrogens with zero attached hydrogens (tertiary/aromatic N) is 2. The standard InChI is InChI=1S/C8H14N4S/c1-4-10-8(12-9)7-5(2)11-6(3)13-7/h4,9H2,1-3H3,(H,10,12). The van der Waals surface area contributed by atoms with Gasteiger partial charge in [0.2, 0.25) is 0 Å². The summed E-state index contributed by atoms with van der Waals surface area (Å²) < 4.78 is 0. The number of hydrogen-bond donors (Lipinski definition) is 2. The van der Waals surface area contributed by atoms with E-state index >= 15 is 0 Å². The molecule has 5 heteroatoms. The lowest BCUT2D eigenvalue weighted by atomic mass is 10.4. The largest absolute Gasteiger partial charge is 0.308 e. The summed E-state index contributed by atoms with van der Waals surface area (Å²) in [6, 6.07) is 0. The minimum absolute atomic E-state index is 0.718. The Morgan fingerprint density at radius 2 is 2.31 bits per heavy atom. The van der Waals surface area contributed by atoms with E-state index in [0.29, 0.717) is 0 Å². The van der Waals surface area contributed by atoms with E-state index < -0.39 is 0 Å². The third kappa shape index (κ3) is 2.26. The van der Waals surface area contributed by atoms with Gasteiger partial charge in [-0.1, -0.05) is 0 Å². The minimum atomic E-state index is 0.718. The molecular weight excluding hydrogens is 184 g/mol. The van der Waals surface area contributed by atoms with E-state index in [4.69, 9.17) is 5.84 Å². The van der Waals surface area contributed by atoms with Crippen molar-refractivity contribution in [3.63, 3.8) is 0 Å². The van der Waals surface area contributed by atoms with Crippen molar-refractivity contribution in [3.05, 3.63) is 15.6 Å². The maximum Gasteiger partial charge on any atom is 0.154 e. The number of hydrogen-bond acceptors (Lipinski definition) is 4. The van der Waals surface area contributed by atoms with Crippen LogP contribution in [-0.4, -0.2) is 17.4 Å². The summed E-state index contributed by atoms with van der Waals surface area (Å²) in [7, 11) is 0. The van der Waals surface area contributed by atoms with Crippen molar-refractivity contribution >= 4 is 17.2 Å². The monoisotopic (exact) mass is 198 g/mol. The molecule has 0 fully saturated rings. The Balaban J connectivity index is 3.04. The zero-order chi connectivity index (χ0) is 9.84. The van der Waals surface area contributed by atoms with Crippen LogP contribution in [0.1, 0.15) is 22.5 Å². The van der Waals surface area contributed by atoms with Gasteiger partial charge in [0.25, 0.3) is 0 Å². The topological polar surface area (TPSA) is 63.3 Å². The summed E-state index contributed by atoms with van der Waals surface area (Å²) in [4.78, 5) is 9.57. The molecule has 0 saturated heterocycles. The van der Waals surface area contributed by atoms with Crippen molar-refractivity contribution in [1.82, 2.24) is 10.4 Å². The first-order valence-corrected chi connectivity index (χ1v) is 4.96. The number of hydrazine groups is 1. The fourth-order valence-electron chi connectivity index (χ4n) is 1.09. The quantitative estimate of drug-likeness (QED) is 0.322. The van der Waals surface area contributed by atoms with Crippen LogP contribution in [-0.2, 0) is 0 Å². The normalized spacial score (nSPS) is 11.8. The van der Waals surface area contributed by atoms with Crippen molar-refractivity contribution in [2.24, 2.45) is 10.8 Å². The van der Waals surface area contributed by atoms with Gasteiger partial charge in [-0.05, 0) is 20.8 Å². The summed E-state index contributed by atoms with van der Waals surface area (Å²) in [5.74, 6) is 6.09. The molecule has 3 N–H and O–H groups in total. The second-order valence-corrected chi connectivity index (χ2v) is 3.82. The molecule has 4 nitrogen and oxygen atoms in total. The van der Waals surface area contributed by atoms with E-state index in [9.17, 15) is 0 Å². The van der Waals surface area contributed by atoms with Gasteiger partial charge in [-0.3, -0.25) is 4.99 Å². The van der Waals surface area contributed by atoms with Crippen LogP contribution in [0.3, 0.4) is 0 Å². The lowest BCUT2D eigenvalue weighted by molar-refractivity contribution is 0.991. The molecular formula is C8H14N4S. The molecule has 72 valence electrons. The van der Waals surface area contributed by atoms with Crippen molar-refractivity contribution < 1.29 is 0 Å². The summed E-state index contributed by atoms with van der Waals surface area (Å²) in [5.41, 5.74) is 3.57. The van der Waals surface area contributed by atoms with Gasteiger partial charge >= 0.3 is 0 Å². The van der Waals surface area contributed by atoms with Gasteiger partial charge < -0.3 is 5.43 Å². The van der Waals surface area contributed by atoms with Crippen LogP contribution in [0.2, 0.25) is 0 Å². The molecule has 0 amide bonds. The summed E-state index contributed by atoms with van der Waals surface area (Å²) in [6.45, 7) is 6.62. The Labute approximate surface area is 81.9 Å². The highest BCUT2D eigenvalue weighted by Crippen LogP contribution is 2.16. The van der Waals surface area contributed by atoms with Crippen LogP contribution in [0.4, 0.5) is 0 Å². The van der Waals surface area contributed by atoms with Gasteiger partial charge in [0.1, 0.15) is 0 Å². The molecule has 0 bridgehead atoms. The molecule has 0 saturated carbocycles. The zero-order valence-electron chi connectivity index (χ0n) is 8.09. The van der Waals surface area contributed by atoms with Gasteiger partial charge in [0.15, 0.2) is 5.84 Å². The molecule has 0 aliphatic heterocycles. The van der Waals surface area contributed by atoms with Gasteiger partial charge in [-0.25, -0.2) is 10.8 Å². The van der Waals surface area contributed by atoms with E-state index in [2.05, 4.69) is 15.4 Å². The lowest BCUT2D eigenvalue weighted by Crippen LogP contribution is -2.31. The highest BCUT2D eigenvalue weighted by Gasteiger charge is 2.09. The Kier molecular flexibility index (Phi) is 3.39. The van der Waals surface area contributed by atoms with Crippen LogP contribution < -0.4 is 11.3 Å². The summed E-state index contributed by atoms with van der Waals surface area (Å²) >= 11 is 1.60. The van der Waals surface area contributed by atoms with Crippen molar-refractivity contribution in [3.8, 4) is 0 Å². The molecule has 1 aromatic rings.